The van der Waals surface area contributed by atoms with Gasteiger partial charge in [-0.15, -0.1) is 0 Å². The van der Waals surface area contributed by atoms with E-state index in [9.17, 15) is 13.6 Å². The Morgan fingerprint density at radius 3 is 2.76 bits per heavy atom. The van der Waals surface area contributed by atoms with E-state index in [0.717, 1.165) is 12.1 Å². The second-order valence-corrected chi connectivity index (χ2v) is 3.70. The zero-order valence-corrected chi connectivity index (χ0v) is 9.13. The average Bonchev–Trinajstić information content (AvgIpc) is 2.53. The third-order valence-electron chi connectivity index (χ3n) is 2.69. The molecule has 1 fully saturated rings. The van der Waals surface area contributed by atoms with Gasteiger partial charge in [0.25, 0.3) is 0 Å². The maximum absolute atomic E-state index is 13.6. The number of amides is 2. The number of carbonyl (C=O) groups excluding carboxylic acids is 1. The predicted octanol–water partition coefficient (Wildman–Crippen LogP) is 2.03. The standard InChI is InChI=1S/C11H11F2N3O/c1-2-16-9(10(14)15-11(16)17)7-4-3-6(12)5-8(7)13/h3-5,9H,2H2,1H3,(H2,14,15,17). The van der Waals surface area contributed by atoms with Crippen molar-refractivity contribution in [3.63, 3.8) is 0 Å². The fourth-order valence-electron chi connectivity index (χ4n) is 1.90. The van der Waals surface area contributed by atoms with Crippen molar-refractivity contribution in [3.8, 4) is 0 Å². The SMILES string of the molecule is CCN1C(=O)NC(=N)C1c1ccc(F)cc1F. The van der Waals surface area contributed by atoms with Gasteiger partial charge in [-0.05, 0) is 13.0 Å². The molecule has 1 aliphatic heterocycles. The molecular weight excluding hydrogens is 228 g/mol. The van der Waals surface area contributed by atoms with Gasteiger partial charge in [-0.1, -0.05) is 6.07 Å². The fourth-order valence-corrected chi connectivity index (χ4v) is 1.90. The van der Waals surface area contributed by atoms with Crippen molar-refractivity contribution in [1.29, 1.82) is 5.41 Å². The van der Waals surface area contributed by atoms with Crippen molar-refractivity contribution in [2.75, 3.05) is 6.54 Å². The van der Waals surface area contributed by atoms with Crippen LogP contribution in [0.3, 0.4) is 0 Å². The second-order valence-electron chi connectivity index (χ2n) is 3.70. The zero-order chi connectivity index (χ0) is 12.6. The Labute approximate surface area is 96.7 Å². The van der Waals surface area contributed by atoms with Crippen molar-refractivity contribution in [2.24, 2.45) is 0 Å². The van der Waals surface area contributed by atoms with Gasteiger partial charge in [0.15, 0.2) is 0 Å². The van der Waals surface area contributed by atoms with E-state index in [2.05, 4.69) is 5.32 Å². The number of amidine groups is 1. The van der Waals surface area contributed by atoms with Gasteiger partial charge in [-0.2, -0.15) is 0 Å². The molecule has 2 amide bonds. The van der Waals surface area contributed by atoms with Crippen LogP contribution in [0.25, 0.3) is 0 Å². The second kappa shape index (κ2) is 4.12. The van der Waals surface area contributed by atoms with Gasteiger partial charge < -0.3 is 4.90 Å². The van der Waals surface area contributed by atoms with Crippen LogP contribution in [0.1, 0.15) is 18.5 Å². The summed E-state index contributed by atoms with van der Waals surface area (Å²) in [6.07, 6.45) is 0. The highest BCUT2D eigenvalue weighted by atomic mass is 19.1. The van der Waals surface area contributed by atoms with E-state index in [-0.39, 0.29) is 11.4 Å². The van der Waals surface area contributed by atoms with E-state index in [1.165, 1.54) is 11.0 Å². The first-order valence-corrected chi connectivity index (χ1v) is 5.15. The molecule has 17 heavy (non-hydrogen) atoms. The lowest BCUT2D eigenvalue weighted by Crippen LogP contribution is -2.29. The van der Waals surface area contributed by atoms with Crippen LogP contribution in [-0.2, 0) is 0 Å². The van der Waals surface area contributed by atoms with Gasteiger partial charge in [0.2, 0.25) is 0 Å². The van der Waals surface area contributed by atoms with E-state index in [1.54, 1.807) is 6.92 Å². The Balaban J connectivity index is 2.44. The van der Waals surface area contributed by atoms with Crippen molar-refractivity contribution in [3.05, 3.63) is 35.4 Å². The minimum Gasteiger partial charge on any atom is -0.310 e. The van der Waals surface area contributed by atoms with Gasteiger partial charge in [-0.3, -0.25) is 10.7 Å². The van der Waals surface area contributed by atoms with Crippen LogP contribution in [0.5, 0.6) is 0 Å². The smallest absolute Gasteiger partial charge is 0.310 e. The van der Waals surface area contributed by atoms with E-state index in [1.807, 2.05) is 0 Å². The monoisotopic (exact) mass is 239 g/mol. The lowest BCUT2D eigenvalue weighted by molar-refractivity contribution is 0.208. The summed E-state index contributed by atoms with van der Waals surface area (Å²) in [5.74, 6) is -1.53. The molecule has 1 atom stereocenters. The normalized spacial score (nSPS) is 19.7. The van der Waals surface area contributed by atoms with Crippen molar-refractivity contribution >= 4 is 11.9 Å². The Bertz CT molecular complexity index is 490. The van der Waals surface area contributed by atoms with Crippen molar-refractivity contribution in [2.45, 2.75) is 13.0 Å². The molecule has 2 N–H and O–H groups in total. The summed E-state index contributed by atoms with van der Waals surface area (Å²) in [6, 6.07) is 1.88. The summed E-state index contributed by atoms with van der Waals surface area (Å²) in [4.78, 5) is 12.8. The highest BCUT2D eigenvalue weighted by molar-refractivity contribution is 6.06. The topological polar surface area (TPSA) is 56.2 Å². The summed E-state index contributed by atoms with van der Waals surface area (Å²) in [5.41, 5.74) is 0.122. The molecule has 4 nitrogen and oxygen atoms in total. The first-order chi connectivity index (χ1) is 8.04. The summed E-state index contributed by atoms with van der Waals surface area (Å²) >= 11 is 0. The average molecular weight is 239 g/mol. The Hall–Kier alpha value is -1.98. The molecule has 1 saturated heterocycles. The van der Waals surface area contributed by atoms with Crippen LogP contribution in [-0.4, -0.2) is 23.3 Å². The largest absolute Gasteiger partial charge is 0.323 e. The summed E-state index contributed by atoms with van der Waals surface area (Å²) < 4.78 is 26.4. The van der Waals surface area contributed by atoms with E-state index < -0.39 is 23.7 Å². The van der Waals surface area contributed by atoms with Gasteiger partial charge in [-0.25, -0.2) is 13.6 Å². The molecule has 1 heterocycles. The minimum absolute atomic E-state index is 0.0950. The van der Waals surface area contributed by atoms with E-state index in [0.29, 0.717) is 6.54 Å². The van der Waals surface area contributed by atoms with E-state index >= 15 is 0 Å². The van der Waals surface area contributed by atoms with Crippen LogP contribution in [0.4, 0.5) is 13.6 Å². The van der Waals surface area contributed by atoms with Crippen LogP contribution in [0, 0.1) is 17.0 Å². The number of hydrogen-bond acceptors (Lipinski definition) is 2. The number of likely N-dealkylation sites (N-methyl/N-ethyl adjacent to an activating group) is 1. The van der Waals surface area contributed by atoms with Gasteiger partial charge in [0.05, 0.1) is 0 Å². The van der Waals surface area contributed by atoms with Crippen LogP contribution >= 0.6 is 0 Å². The molecule has 0 aliphatic carbocycles. The van der Waals surface area contributed by atoms with Crippen molar-refractivity contribution in [1.82, 2.24) is 10.2 Å². The first kappa shape index (κ1) is 11.5. The fraction of sp³-hybridized carbons (Fsp3) is 0.273. The van der Waals surface area contributed by atoms with Gasteiger partial charge in [0, 0.05) is 18.2 Å². The molecular formula is C11H11F2N3O. The first-order valence-electron chi connectivity index (χ1n) is 5.15. The quantitative estimate of drug-likeness (QED) is 0.815. The minimum atomic E-state index is -0.798. The lowest BCUT2D eigenvalue weighted by Gasteiger charge is -2.21. The molecule has 90 valence electrons. The maximum atomic E-state index is 13.6. The molecule has 0 bridgehead atoms. The number of urea groups is 1. The Kier molecular flexibility index (Phi) is 2.79. The molecule has 1 aromatic rings. The lowest BCUT2D eigenvalue weighted by atomic mass is 10.0. The summed E-state index contributed by atoms with van der Waals surface area (Å²) in [5, 5.41) is 9.94. The zero-order valence-electron chi connectivity index (χ0n) is 9.13. The number of rotatable bonds is 2. The Morgan fingerprint density at radius 1 is 1.47 bits per heavy atom. The molecule has 6 heteroatoms. The Morgan fingerprint density at radius 2 is 2.18 bits per heavy atom. The highest BCUT2D eigenvalue weighted by Crippen LogP contribution is 2.27. The van der Waals surface area contributed by atoms with Gasteiger partial charge >= 0.3 is 6.03 Å². The van der Waals surface area contributed by atoms with Crippen LogP contribution in [0.2, 0.25) is 0 Å². The number of nitrogens with zero attached hydrogens (tertiary/aromatic N) is 1. The van der Waals surface area contributed by atoms with Crippen molar-refractivity contribution < 1.29 is 13.6 Å². The number of hydrogen-bond donors (Lipinski definition) is 2. The molecule has 1 unspecified atom stereocenters. The number of benzene rings is 1. The molecule has 0 radical (unpaired) electrons. The molecule has 0 aromatic heterocycles. The third-order valence-corrected chi connectivity index (χ3v) is 2.69. The molecule has 1 aromatic carbocycles. The molecule has 0 saturated carbocycles. The molecule has 0 spiro atoms. The van der Waals surface area contributed by atoms with Crippen LogP contribution in [0.15, 0.2) is 18.2 Å². The third kappa shape index (κ3) is 1.86. The summed E-state index contributed by atoms with van der Waals surface area (Å²) in [6.45, 7) is 2.07. The van der Waals surface area contributed by atoms with Gasteiger partial charge in [0.1, 0.15) is 23.5 Å². The maximum Gasteiger partial charge on any atom is 0.323 e. The number of carbonyl (C=O) groups is 1. The molecule has 1 aliphatic rings. The number of nitrogens with one attached hydrogen (secondary N) is 2. The summed E-state index contributed by atoms with van der Waals surface area (Å²) in [7, 11) is 0. The molecule has 2 rings (SSSR count). The van der Waals surface area contributed by atoms with Crippen LogP contribution < -0.4 is 5.32 Å². The predicted molar refractivity (Wildman–Crippen MR) is 57.7 cm³/mol. The van der Waals surface area contributed by atoms with E-state index in [4.69, 9.17) is 5.41 Å². The number of halogens is 2. The highest BCUT2D eigenvalue weighted by Gasteiger charge is 2.37.